The molecule has 1 saturated carbocycles. The summed E-state index contributed by atoms with van der Waals surface area (Å²) >= 11 is 1.40. The number of amides is 4. The van der Waals surface area contributed by atoms with E-state index in [1.807, 2.05) is 6.26 Å². The van der Waals surface area contributed by atoms with Gasteiger partial charge in [-0.25, -0.2) is 14.8 Å². The Bertz CT molecular complexity index is 696. The van der Waals surface area contributed by atoms with Crippen molar-refractivity contribution >= 4 is 35.7 Å². The first kappa shape index (κ1) is 16.6. The average molecular weight is 346 g/mol. The molecule has 0 atom stereocenters. The Hall–Kier alpha value is -2.22. The zero-order valence-electron chi connectivity index (χ0n) is 13.3. The average Bonchev–Trinajstić information content (AvgIpc) is 2.60. The SMILES string of the molecule is CSc1ncc(C=C2C(=O)NC(=O)N(C3CCCCC3)C2=O)cn1. The van der Waals surface area contributed by atoms with E-state index in [0.717, 1.165) is 32.1 Å². The van der Waals surface area contributed by atoms with E-state index in [1.165, 1.54) is 22.7 Å². The van der Waals surface area contributed by atoms with Crippen LogP contribution in [-0.4, -0.2) is 45.0 Å². The molecular formula is C16H18N4O3S. The molecule has 0 unspecified atom stereocenters. The molecule has 1 aromatic heterocycles. The smallest absolute Gasteiger partial charge is 0.273 e. The summed E-state index contributed by atoms with van der Waals surface area (Å²) in [6, 6.07) is -0.763. The van der Waals surface area contributed by atoms with Gasteiger partial charge in [0.15, 0.2) is 5.16 Å². The Morgan fingerprint density at radius 1 is 1.17 bits per heavy atom. The molecule has 2 heterocycles. The van der Waals surface area contributed by atoms with Gasteiger partial charge < -0.3 is 0 Å². The molecule has 0 radical (unpaired) electrons. The lowest BCUT2D eigenvalue weighted by atomic mass is 9.93. The predicted octanol–water partition coefficient (Wildman–Crippen LogP) is 1.99. The van der Waals surface area contributed by atoms with Crippen LogP contribution in [-0.2, 0) is 9.59 Å². The molecule has 1 N–H and O–H groups in total. The van der Waals surface area contributed by atoms with E-state index in [4.69, 9.17) is 0 Å². The lowest BCUT2D eigenvalue weighted by molar-refractivity contribution is -0.132. The van der Waals surface area contributed by atoms with E-state index in [1.54, 1.807) is 12.4 Å². The molecule has 1 aliphatic heterocycles. The third-order valence-electron chi connectivity index (χ3n) is 4.21. The molecule has 7 nitrogen and oxygen atoms in total. The zero-order valence-corrected chi connectivity index (χ0v) is 14.1. The Kier molecular flexibility index (Phi) is 4.94. The van der Waals surface area contributed by atoms with Crippen molar-refractivity contribution in [3.05, 3.63) is 23.5 Å². The lowest BCUT2D eigenvalue weighted by Gasteiger charge is -2.35. The van der Waals surface area contributed by atoms with Gasteiger partial charge in [-0.1, -0.05) is 31.0 Å². The number of hydrogen-bond acceptors (Lipinski definition) is 6. The van der Waals surface area contributed by atoms with Crippen LogP contribution >= 0.6 is 11.8 Å². The fourth-order valence-corrected chi connectivity index (χ4v) is 3.33. The summed E-state index contributed by atoms with van der Waals surface area (Å²) in [5.74, 6) is -1.21. The van der Waals surface area contributed by atoms with Crippen LogP contribution in [0.25, 0.3) is 6.08 Å². The van der Waals surface area contributed by atoms with E-state index in [9.17, 15) is 14.4 Å². The van der Waals surface area contributed by atoms with Crippen molar-refractivity contribution in [2.45, 2.75) is 43.3 Å². The van der Waals surface area contributed by atoms with Gasteiger partial charge in [-0.15, -0.1) is 0 Å². The molecule has 3 rings (SSSR count). The summed E-state index contributed by atoms with van der Waals surface area (Å²) in [4.78, 5) is 46.3. The first-order valence-electron chi connectivity index (χ1n) is 7.86. The summed E-state index contributed by atoms with van der Waals surface area (Å²) in [6.07, 6.45) is 11.0. The molecular weight excluding hydrogens is 328 g/mol. The number of carbonyl (C=O) groups is 3. The summed E-state index contributed by atoms with van der Waals surface area (Å²) in [6.45, 7) is 0. The molecule has 0 aromatic carbocycles. The molecule has 2 aliphatic rings. The van der Waals surface area contributed by atoms with Crippen molar-refractivity contribution in [3.8, 4) is 0 Å². The van der Waals surface area contributed by atoms with E-state index in [-0.39, 0.29) is 11.6 Å². The van der Waals surface area contributed by atoms with Crippen molar-refractivity contribution in [1.29, 1.82) is 0 Å². The summed E-state index contributed by atoms with van der Waals surface area (Å²) < 4.78 is 0. The van der Waals surface area contributed by atoms with Crippen LogP contribution < -0.4 is 5.32 Å². The first-order chi connectivity index (χ1) is 11.6. The lowest BCUT2D eigenvalue weighted by Crippen LogP contribution is -2.58. The topological polar surface area (TPSA) is 92.3 Å². The van der Waals surface area contributed by atoms with Gasteiger partial charge >= 0.3 is 6.03 Å². The maximum atomic E-state index is 12.7. The third kappa shape index (κ3) is 3.33. The minimum atomic E-state index is -0.675. The highest BCUT2D eigenvalue weighted by Gasteiger charge is 2.40. The Balaban J connectivity index is 1.87. The van der Waals surface area contributed by atoms with Gasteiger partial charge in [0.2, 0.25) is 0 Å². The number of nitrogens with zero attached hydrogens (tertiary/aromatic N) is 3. The van der Waals surface area contributed by atoms with Crippen LogP contribution in [0.15, 0.2) is 23.1 Å². The fourth-order valence-electron chi connectivity index (χ4n) is 3.01. The van der Waals surface area contributed by atoms with Crippen LogP contribution in [0.4, 0.5) is 4.79 Å². The minimum absolute atomic E-state index is 0.0549. The van der Waals surface area contributed by atoms with Gasteiger partial charge in [0, 0.05) is 24.0 Å². The second-order valence-corrected chi connectivity index (χ2v) is 6.56. The van der Waals surface area contributed by atoms with Gasteiger partial charge in [0.1, 0.15) is 5.57 Å². The molecule has 24 heavy (non-hydrogen) atoms. The van der Waals surface area contributed by atoms with E-state index < -0.39 is 17.8 Å². The maximum absolute atomic E-state index is 12.7. The highest BCUT2D eigenvalue weighted by molar-refractivity contribution is 7.98. The van der Waals surface area contributed by atoms with Crippen molar-refractivity contribution in [1.82, 2.24) is 20.2 Å². The van der Waals surface area contributed by atoms with Gasteiger partial charge in [-0.2, -0.15) is 0 Å². The van der Waals surface area contributed by atoms with E-state index in [2.05, 4.69) is 15.3 Å². The zero-order chi connectivity index (χ0) is 17.1. The van der Waals surface area contributed by atoms with Crippen molar-refractivity contribution in [2.24, 2.45) is 0 Å². The van der Waals surface area contributed by atoms with Gasteiger partial charge in [-0.3, -0.25) is 19.8 Å². The Morgan fingerprint density at radius 3 is 2.46 bits per heavy atom. The number of urea groups is 1. The van der Waals surface area contributed by atoms with Crippen molar-refractivity contribution < 1.29 is 14.4 Å². The van der Waals surface area contributed by atoms with Crippen LogP contribution in [0, 0.1) is 0 Å². The monoisotopic (exact) mass is 346 g/mol. The highest BCUT2D eigenvalue weighted by Crippen LogP contribution is 2.26. The summed E-state index contributed by atoms with van der Waals surface area (Å²) in [5, 5.41) is 2.87. The van der Waals surface area contributed by atoms with Gasteiger partial charge in [0.25, 0.3) is 11.8 Å². The molecule has 8 heteroatoms. The molecule has 1 aromatic rings. The number of rotatable bonds is 3. The van der Waals surface area contributed by atoms with Crippen LogP contribution in [0.5, 0.6) is 0 Å². The number of hydrogen-bond donors (Lipinski definition) is 1. The molecule has 0 bridgehead atoms. The largest absolute Gasteiger partial charge is 0.331 e. The standard InChI is InChI=1S/C16H18N4O3S/c1-24-15-17-8-10(9-18-15)7-12-13(21)19-16(23)20(14(12)22)11-5-3-2-4-6-11/h7-9,11H,2-6H2,1H3,(H,19,21,23). The fraction of sp³-hybridized carbons (Fsp3) is 0.438. The van der Waals surface area contributed by atoms with Crippen LogP contribution in [0.2, 0.25) is 0 Å². The predicted molar refractivity (Wildman–Crippen MR) is 89.0 cm³/mol. The maximum Gasteiger partial charge on any atom is 0.331 e. The van der Waals surface area contributed by atoms with Crippen LogP contribution in [0.3, 0.4) is 0 Å². The number of nitrogens with one attached hydrogen (secondary N) is 1. The molecule has 0 spiro atoms. The van der Waals surface area contributed by atoms with Gasteiger partial charge in [-0.05, 0) is 25.2 Å². The number of carbonyl (C=O) groups excluding carboxylic acids is 3. The molecule has 2 fully saturated rings. The molecule has 126 valence electrons. The number of barbiturate groups is 1. The molecule has 1 saturated heterocycles. The van der Waals surface area contributed by atoms with Crippen LogP contribution in [0.1, 0.15) is 37.7 Å². The Labute approximate surface area is 143 Å². The molecule has 4 amide bonds. The third-order valence-corrected chi connectivity index (χ3v) is 4.79. The quantitative estimate of drug-likeness (QED) is 0.389. The number of imide groups is 2. The number of thioether (sulfide) groups is 1. The van der Waals surface area contributed by atoms with Gasteiger partial charge in [0.05, 0.1) is 0 Å². The summed E-state index contributed by atoms with van der Waals surface area (Å²) in [7, 11) is 0. The van der Waals surface area contributed by atoms with E-state index >= 15 is 0 Å². The second kappa shape index (κ2) is 7.12. The summed E-state index contributed by atoms with van der Waals surface area (Å²) in [5.41, 5.74) is 0.491. The molecule has 1 aliphatic carbocycles. The van der Waals surface area contributed by atoms with E-state index in [0.29, 0.717) is 10.7 Å². The second-order valence-electron chi connectivity index (χ2n) is 5.79. The normalized spacial score (nSPS) is 21.3. The highest BCUT2D eigenvalue weighted by atomic mass is 32.2. The Morgan fingerprint density at radius 2 is 1.83 bits per heavy atom. The first-order valence-corrected chi connectivity index (χ1v) is 9.09. The van der Waals surface area contributed by atoms with Crippen molar-refractivity contribution in [2.75, 3.05) is 6.26 Å². The minimum Gasteiger partial charge on any atom is -0.273 e. The van der Waals surface area contributed by atoms with Crippen molar-refractivity contribution in [3.63, 3.8) is 0 Å². The number of aromatic nitrogens is 2.